The van der Waals surface area contributed by atoms with Gasteiger partial charge in [0.15, 0.2) is 0 Å². The lowest BCUT2D eigenvalue weighted by Crippen LogP contribution is -2.13. The predicted molar refractivity (Wildman–Crippen MR) is 117 cm³/mol. The number of hydrogen-bond donors (Lipinski definition) is 0. The molecule has 0 aromatic heterocycles. The van der Waals surface area contributed by atoms with Crippen LogP contribution in [0.2, 0.25) is 0 Å². The maximum absolute atomic E-state index is 2.42. The monoisotopic (exact) mass is 346 g/mol. The Hall–Kier alpha value is -2.08. The first-order valence-corrected chi connectivity index (χ1v) is 9.93. The normalized spacial score (nSPS) is 14.5. The van der Waals surface area contributed by atoms with Crippen molar-refractivity contribution in [1.82, 2.24) is 0 Å². The molecule has 138 valence electrons. The first kappa shape index (κ1) is 20.2. The maximum atomic E-state index is 2.42. The van der Waals surface area contributed by atoms with Crippen LogP contribution in [-0.4, -0.2) is 0 Å². The van der Waals surface area contributed by atoms with E-state index in [9.17, 15) is 0 Å². The predicted octanol–water partition coefficient (Wildman–Crippen LogP) is 7.83. The van der Waals surface area contributed by atoms with Gasteiger partial charge in [0, 0.05) is 0 Å². The Labute approximate surface area is 160 Å². The van der Waals surface area contributed by atoms with Gasteiger partial charge in [0.25, 0.3) is 0 Å². The molecular weight excluding hydrogens is 312 g/mol. The van der Waals surface area contributed by atoms with Crippen molar-refractivity contribution in [2.24, 2.45) is 0 Å². The van der Waals surface area contributed by atoms with Gasteiger partial charge in [0.1, 0.15) is 0 Å². The molecule has 1 aliphatic rings. The largest absolute Gasteiger partial charge is 0.0683 e. The van der Waals surface area contributed by atoms with Gasteiger partial charge in [-0.05, 0) is 65.5 Å². The van der Waals surface area contributed by atoms with Gasteiger partial charge in [0.2, 0.25) is 0 Å². The molecule has 0 heteroatoms. The van der Waals surface area contributed by atoms with Crippen LogP contribution in [0.3, 0.4) is 0 Å². The second kappa shape index (κ2) is 8.54. The standard InChI is InChI=1S/C24H28.C2H6/c1-17-11-12-20-13-14-21(24(3,4)5)16-23(20)22(17)15-18(2)19-9-7-6-8-10-19;1-2/h6-10,13-16H,11-12H2,1-5H3;1-2H3/b18-15+;. The molecule has 0 aliphatic heterocycles. The zero-order valence-corrected chi connectivity index (χ0v) is 17.6. The molecule has 2 aromatic carbocycles. The zero-order chi connectivity index (χ0) is 19.3. The van der Waals surface area contributed by atoms with Gasteiger partial charge in [-0.1, -0.05) is 94.8 Å². The van der Waals surface area contributed by atoms with Crippen molar-refractivity contribution in [1.29, 1.82) is 0 Å². The molecule has 0 radical (unpaired) electrons. The van der Waals surface area contributed by atoms with E-state index in [1.807, 2.05) is 13.8 Å². The molecule has 0 saturated carbocycles. The smallest absolute Gasteiger partial charge is 0.0132 e. The van der Waals surface area contributed by atoms with Crippen LogP contribution in [0.25, 0.3) is 11.1 Å². The summed E-state index contributed by atoms with van der Waals surface area (Å²) in [6.45, 7) is 15.4. The molecule has 0 spiro atoms. The SMILES string of the molecule is CC.CC1=C(/C=C(\C)c2ccccc2)c2cc(C(C)(C)C)ccc2CC1. The van der Waals surface area contributed by atoms with Gasteiger partial charge in [-0.25, -0.2) is 0 Å². The van der Waals surface area contributed by atoms with Gasteiger partial charge >= 0.3 is 0 Å². The fourth-order valence-electron chi connectivity index (χ4n) is 3.40. The molecule has 0 bridgehead atoms. The highest BCUT2D eigenvalue weighted by Crippen LogP contribution is 2.36. The molecule has 3 rings (SSSR count). The minimum Gasteiger partial charge on any atom is -0.0683 e. The van der Waals surface area contributed by atoms with Crippen LogP contribution in [0, 0.1) is 0 Å². The number of fused-ring (bicyclic) bond motifs is 1. The Morgan fingerprint density at radius 3 is 2.19 bits per heavy atom. The summed E-state index contributed by atoms with van der Waals surface area (Å²) >= 11 is 0. The van der Waals surface area contributed by atoms with Gasteiger partial charge in [0.05, 0.1) is 0 Å². The topological polar surface area (TPSA) is 0 Å². The van der Waals surface area contributed by atoms with E-state index in [0.29, 0.717) is 0 Å². The molecular formula is C26H34. The lowest BCUT2D eigenvalue weighted by molar-refractivity contribution is 0.589. The average molecular weight is 347 g/mol. The highest BCUT2D eigenvalue weighted by atomic mass is 14.2. The number of benzene rings is 2. The Morgan fingerprint density at radius 1 is 0.923 bits per heavy atom. The number of hydrogen-bond acceptors (Lipinski definition) is 0. The lowest BCUT2D eigenvalue weighted by atomic mass is 9.79. The van der Waals surface area contributed by atoms with Crippen molar-refractivity contribution in [2.75, 3.05) is 0 Å². The number of aryl methyl sites for hydroxylation is 1. The maximum Gasteiger partial charge on any atom is -0.0132 e. The van der Waals surface area contributed by atoms with Crippen LogP contribution in [0.4, 0.5) is 0 Å². The van der Waals surface area contributed by atoms with Crippen LogP contribution in [-0.2, 0) is 11.8 Å². The van der Waals surface area contributed by atoms with Gasteiger partial charge in [-0.3, -0.25) is 0 Å². The van der Waals surface area contributed by atoms with E-state index in [1.165, 1.54) is 39.0 Å². The van der Waals surface area contributed by atoms with Crippen LogP contribution >= 0.6 is 0 Å². The minimum absolute atomic E-state index is 0.184. The first-order chi connectivity index (χ1) is 12.4. The second-order valence-corrected chi connectivity index (χ2v) is 8.01. The van der Waals surface area contributed by atoms with E-state index in [0.717, 1.165) is 12.8 Å². The van der Waals surface area contributed by atoms with Gasteiger partial charge in [-0.2, -0.15) is 0 Å². The van der Waals surface area contributed by atoms with Crippen molar-refractivity contribution in [3.05, 3.63) is 82.4 Å². The van der Waals surface area contributed by atoms with Crippen LogP contribution < -0.4 is 0 Å². The third kappa shape index (κ3) is 4.55. The van der Waals surface area contributed by atoms with E-state index in [1.54, 1.807) is 0 Å². The third-order valence-corrected chi connectivity index (χ3v) is 5.09. The summed E-state index contributed by atoms with van der Waals surface area (Å²) in [5.74, 6) is 0. The Bertz CT molecular complexity index is 796. The zero-order valence-electron chi connectivity index (χ0n) is 17.6. The van der Waals surface area contributed by atoms with Crippen molar-refractivity contribution in [3.8, 4) is 0 Å². The Kier molecular flexibility index (Phi) is 6.64. The Balaban J connectivity index is 0.00000117. The first-order valence-electron chi connectivity index (χ1n) is 9.93. The summed E-state index contributed by atoms with van der Waals surface area (Å²) in [6, 6.07) is 17.8. The van der Waals surface area contributed by atoms with E-state index in [4.69, 9.17) is 0 Å². The van der Waals surface area contributed by atoms with E-state index in [2.05, 4.69) is 89.2 Å². The molecule has 0 amide bonds. The average Bonchev–Trinajstić information content (AvgIpc) is 2.65. The molecule has 0 unspecified atom stereocenters. The van der Waals surface area contributed by atoms with Gasteiger partial charge < -0.3 is 0 Å². The molecule has 1 aliphatic carbocycles. The summed E-state index contributed by atoms with van der Waals surface area (Å²) in [4.78, 5) is 0. The molecule has 0 saturated heterocycles. The Morgan fingerprint density at radius 2 is 1.58 bits per heavy atom. The van der Waals surface area contributed by atoms with Crippen molar-refractivity contribution >= 4 is 11.1 Å². The quantitative estimate of drug-likeness (QED) is 0.519. The molecule has 0 N–H and O–H groups in total. The van der Waals surface area contributed by atoms with Gasteiger partial charge in [-0.15, -0.1) is 0 Å². The summed E-state index contributed by atoms with van der Waals surface area (Å²) in [5, 5.41) is 0. The highest BCUT2D eigenvalue weighted by Gasteiger charge is 2.20. The molecule has 0 heterocycles. The van der Waals surface area contributed by atoms with Crippen LogP contribution in [0.5, 0.6) is 0 Å². The van der Waals surface area contributed by atoms with E-state index in [-0.39, 0.29) is 5.41 Å². The lowest BCUT2D eigenvalue weighted by Gasteiger charge is -2.25. The second-order valence-electron chi connectivity index (χ2n) is 8.01. The number of allylic oxidation sites excluding steroid dienone is 4. The van der Waals surface area contributed by atoms with Crippen LogP contribution in [0.1, 0.15) is 77.1 Å². The molecule has 0 fully saturated rings. The molecule has 26 heavy (non-hydrogen) atoms. The van der Waals surface area contributed by atoms with Crippen molar-refractivity contribution < 1.29 is 0 Å². The van der Waals surface area contributed by atoms with Crippen molar-refractivity contribution in [3.63, 3.8) is 0 Å². The highest BCUT2D eigenvalue weighted by molar-refractivity contribution is 5.87. The molecule has 0 nitrogen and oxygen atoms in total. The van der Waals surface area contributed by atoms with E-state index >= 15 is 0 Å². The summed E-state index contributed by atoms with van der Waals surface area (Å²) < 4.78 is 0. The van der Waals surface area contributed by atoms with Crippen molar-refractivity contribution in [2.45, 2.75) is 66.7 Å². The third-order valence-electron chi connectivity index (χ3n) is 5.09. The van der Waals surface area contributed by atoms with Crippen LogP contribution in [0.15, 0.2) is 60.2 Å². The summed E-state index contributed by atoms with van der Waals surface area (Å²) in [7, 11) is 0. The fraction of sp³-hybridized carbons (Fsp3) is 0.385. The van der Waals surface area contributed by atoms with E-state index < -0.39 is 0 Å². The number of rotatable bonds is 2. The minimum atomic E-state index is 0.184. The fourth-order valence-corrected chi connectivity index (χ4v) is 3.40. The molecule has 2 aromatic rings. The molecule has 0 atom stereocenters. The summed E-state index contributed by atoms with van der Waals surface area (Å²) in [6.07, 6.45) is 4.71. The summed E-state index contributed by atoms with van der Waals surface area (Å²) in [5.41, 5.74) is 10.1.